The standard InChI is InChI=1S/C6H11ClO2/c7-6-4-9-2-1-5(6)3-8/h5-6,8H,1-4H2. The van der Waals surface area contributed by atoms with Crippen LogP contribution in [-0.4, -0.2) is 30.3 Å². The van der Waals surface area contributed by atoms with Crippen molar-refractivity contribution >= 4 is 11.6 Å². The van der Waals surface area contributed by atoms with Crippen LogP contribution in [0.15, 0.2) is 0 Å². The summed E-state index contributed by atoms with van der Waals surface area (Å²) < 4.78 is 5.07. The first-order valence-electron chi connectivity index (χ1n) is 3.17. The summed E-state index contributed by atoms with van der Waals surface area (Å²) in [6, 6.07) is 0. The number of halogens is 1. The van der Waals surface area contributed by atoms with Gasteiger partial charge < -0.3 is 9.84 Å². The number of hydrogen-bond acceptors (Lipinski definition) is 2. The molecule has 54 valence electrons. The van der Waals surface area contributed by atoms with Gasteiger partial charge in [-0.25, -0.2) is 0 Å². The topological polar surface area (TPSA) is 29.5 Å². The Bertz CT molecular complexity index is 87.1. The zero-order chi connectivity index (χ0) is 6.69. The van der Waals surface area contributed by atoms with E-state index in [2.05, 4.69) is 0 Å². The Kier molecular flexibility index (Phi) is 2.76. The highest BCUT2D eigenvalue weighted by atomic mass is 35.5. The van der Waals surface area contributed by atoms with Crippen molar-refractivity contribution in [2.45, 2.75) is 11.8 Å². The van der Waals surface area contributed by atoms with Crippen molar-refractivity contribution in [1.82, 2.24) is 0 Å². The molecule has 0 aromatic carbocycles. The second-order valence-electron chi connectivity index (χ2n) is 2.32. The molecule has 0 amide bonds. The van der Waals surface area contributed by atoms with Crippen molar-refractivity contribution in [3.63, 3.8) is 0 Å². The third-order valence-corrected chi connectivity index (χ3v) is 2.14. The van der Waals surface area contributed by atoms with E-state index >= 15 is 0 Å². The minimum atomic E-state index is 0.0174. The van der Waals surface area contributed by atoms with Gasteiger partial charge in [0.2, 0.25) is 0 Å². The maximum absolute atomic E-state index is 8.72. The number of ether oxygens (including phenoxy) is 1. The molecule has 1 saturated heterocycles. The number of alkyl halides is 1. The van der Waals surface area contributed by atoms with Crippen molar-refractivity contribution in [3.8, 4) is 0 Å². The molecule has 1 rings (SSSR count). The summed E-state index contributed by atoms with van der Waals surface area (Å²) in [7, 11) is 0. The number of hydrogen-bond donors (Lipinski definition) is 1. The van der Waals surface area contributed by atoms with Crippen molar-refractivity contribution in [2.75, 3.05) is 19.8 Å². The van der Waals surface area contributed by atoms with E-state index in [1.54, 1.807) is 0 Å². The number of aliphatic hydroxyl groups is 1. The Balaban J connectivity index is 2.30. The smallest absolute Gasteiger partial charge is 0.0633 e. The van der Waals surface area contributed by atoms with Crippen molar-refractivity contribution in [3.05, 3.63) is 0 Å². The Morgan fingerprint density at radius 2 is 2.44 bits per heavy atom. The summed E-state index contributed by atoms with van der Waals surface area (Å²) in [6.45, 7) is 1.53. The van der Waals surface area contributed by atoms with Crippen LogP contribution in [-0.2, 0) is 4.74 Å². The Morgan fingerprint density at radius 3 is 2.89 bits per heavy atom. The predicted molar refractivity (Wildman–Crippen MR) is 35.7 cm³/mol. The molecule has 1 aliphatic rings. The third kappa shape index (κ3) is 1.81. The number of rotatable bonds is 1. The van der Waals surface area contributed by atoms with E-state index in [0.717, 1.165) is 13.0 Å². The average Bonchev–Trinajstić information content (AvgIpc) is 1.89. The maximum Gasteiger partial charge on any atom is 0.0633 e. The van der Waals surface area contributed by atoms with E-state index in [-0.39, 0.29) is 17.9 Å². The normalized spacial score (nSPS) is 36.7. The molecule has 0 radical (unpaired) electrons. The fourth-order valence-electron chi connectivity index (χ4n) is 0.953. The Labute approximate surface area is 59.8 Å². The quantitative estimate of drug-likeness (QED) is 0.556. The molecule has 2 unspecified atom stereocenters. The first kappa shape index (κ1) is 7.32. The molecule has 2 atom stereocenters. The number of aliphatic hydroxyl groups excluding tert-OH is 1. The Hall–Kier alpha value is 0.210. The average molecular weight is 151 g/mol. The van der Waals surface area contributed by atoms with Crippen LogP contribution < -0.4 is 0 Å². The zero-order valence-electron chi connectivity index (χ0n) is 5.22. The monoisotopic (exact) mass is 150 g/mol. The van der Waals surface area contributed by atoms with Crippen LogP contribution in [0.2, 0.25) is 0 Å². The van der Waals surface area contributed by atoms with Gasteiger partial charge in [-0.2, -0.15) is 0 Å². The van der Waals surface area contributed by atoms with Gasteiger partial charge in [0.05, 0.1) is 12.0 Å². The van der Waals surface area contributed by atoms with Crippen molar-refractivity contribution in [1.29, 1.82) is 0 Å². The molecule has 1 aliphatic heterocycles. The molecule has 0 bridgehead atoms. The molecule has 1 heterocycles. The first-order chi connectivity index (χ1) is 4.34. The van der Waals surface area contributed by atoms with E-state index < -0.39 is 0 Å². The van der Waals surface area contributed by atoms with Crippen molar-refractivity contribution in [2.24, 2.45) is 5.92 Å². The van der Waals surface area contributed by atoms with Crippen molar-refractivity contribution < 1.29 is 9.84 Å². The van der Waals surface area contributed by atoms with Gasteiger partial charge in [-0.05, 0) is 6.42 Å². The molecule has 3 heteroatoms. The summed E-state index contributed by atoms with van der Waals surface area (Å²) >= 11 is 5.80. The second-order valence-corrected chi connectivity index (χ2v) is 2.88. The molecular formula is C6H11ClO2. The molecule has 0 aromatic rings. The second kappa shape index (κ2) is 3.40. The fraction of sp³-hybridized carbons (Fsp3) is 1.00. The lowest BCUT2D eigenvalue weighted by molar-refractivity contribution is 0.0492. The zero-order valence-corrected chi connectivity index (χ0v) is 5.97. The van der Waals surface area contributed by atoms with Crippen LogP contribution in [0.4, 0.5) is 0 Å². The van der Waals surface area contributed by atoms with Gasteiger partial charge in [-0.1, -0.05) is 0 Å². The highest BCUT2D eigenvalue weighted by Gasteiger charge is 2.22. The van der Waals surface area contributed by atoms with Gasteiger partial charge in [0.15, 0.2) is 0 Å². The summed E-state index contributed by atoms with van der Waals surface area (Å²) in [5.41, 5.74) is 0. The summed E-state index contributed by atoms with van der Waals surface area (Å²) in [4.78, 5) is 0. The molecule has 1 N–H and O–H groups in total. The summed E-state index contributed by atoms with van der Waals surface area (Å²) in [6.07, 6.45) is 0.894. The van der Waals surface area contributed by atoms with Gasteiger partial charge in [-0.3, -0.25) is 0 Å². The first-order valence-corrected chi connectivity index (χ1v) is 3.61. The molecule has 0 aliphatic carbocycles. The summed E-state index contributed by atoms with van der Waals surface area (Å²) in [5, 5.41) is 8.74. The van der Waals surface area contributed by atoms with Gasteiger partial charge in [-0.15, -0.1) is 11.6 Å². The largest absolute Gasteiger partial charge is 0.396 e. The lowest BCUT2D eigenvalue weighted by Crippen LogP contribution is -2.30. The molecule has 1 fully saturated rings. The molecule has 9 heavy (non-hydrogen) atoms. The van der Waals surface area contributed by atoms with E-state index in [0.29, 0.717) is 6.61 Å². The molecule has 2 nitrogen and oxygen atoms in total. The maximum atomic E-state index is 8.72. The van der Waals surface area contributed by atoms with E-state index in [4.69, 9.17) is 21.4 Å². The van der Waals surface area contributed by atoms with Crippen LogP contribution in [0.25, 0.3) is 0 Å². The summed E-state index contributed by atoms with van der Waals surface area (Å²) in [5.74, 6) is 0.250. The SMILES string of the molecule is OCC1CCOCC1Cl. The third-order valence-electron chi connectivity index (χ3n) is 1.66. The molecule has 0 aromatic heterocycles. The van der Waals surface area contributed by atoms with Gasteiger partial charge in [0, 0.05) is 19.1 Å². The van der Waals surface area contributed by atoms with Crippen LogP contribution >= 0.6 is 11.6 Å². The Morgan fingerprint density at radius 1 is 1.67 bits per heavy atom. The van der Waals surface area contributed by atoms with Crippen LogP contribution in [0.5, 0.6) is 0 Å². The highest BCUT2D eigenvalue weighted by Crippen LogP contribution is 2.19. The minimum absolute atomic E-state index is 0.0174. The van der Waals surface area contributed by atoms with Gasteiger partial charge in [0.1, 0.15) is 0 Å². The minimum Gasteiger partial charge on any atom is -0.396 e. The lowest BCUT2D eigenvalue weighted by atomic mass is 10.0. The van der Waals surface area contributed by atoms with E-state index in [1.165, 1.54) is 0 Å². The van der Waals surface area contributed by atoms with Gasteiger partial charge in [0.25, 0.3) is 0 Å². The lowest BCUT2D eigenvalue weighted by Gasteiger charge is -2.24. The van der Waals surface area contributed by atoms with E-state index in [1.807, 2.05) is 0 Å². The molecule has 0 spiro atoms. The predicted octanol–water partition coefficient (Wildman–Crippen LogP) is 0.623. The molecular weight excluding hydrogens is 140 g/mol. The van der Waals surface area contributed by atoms with Crippen LogP contribution in [0, 0.1) is 5.92 Å². The highest BCUT2D eigenvalue weighted by molar-refractivity contribution is 6.21. The van der Waals surface area contributed by atoms with Crippen LogP contribution in [0.3, 0.4) is 0 Å². The van der Waals surface area contributed by atoms with Gasteiger partial charge >= 0.3 is 0 Å². The van der Waals surface area contributed by atoms with E-state index in [9.17, 15) is 0 Å². The molecule has 0 saturated carbocycles. The fourth-order valence-corrected chi connectivity index (χ4v) is 1.25. The van der Waals surface area contributed by atoms with Crippen LogP contribution in [0.1, 0.15) is 6.42 Å².